The van der Waals surface area contributed by atoms with Crippen LogP contribution in [0, 0.1) is 0 Å². The van der Waals surface area contributed by atoms with Gasteiger partial charge in [-0.05, 0) is 66.8 Å². The summed E-state index contributed by atoms with van der Waals surface area (Å²) in [6, 6.07) is 12.7. The summed E-state index contributed by atoms with van der Waals surface area (Å²) in [5.41, 5.74) is 5.40. The van der Waals surface area contributed by atoms with E-state index in [0.29, 0.717) is 11.7 Å². The summed E-state index contributed by atoms with van der Waals surface area (Å²) >= 11 is 0. The number of ether oxygens (including phenoxy) is 1. The van der Waals surface area contributed by atoms with Crippen LogP contribution in [-0.4, -0.2) is 16.8 Å². The van der Waals surface area contributed by atoms with E-state index in [9.17, 15) is 22.8 Å². The summed E-state index contributed by atoms with van der Waals surface area (Å²) in [5, 5.41) is 2.55. The largest absolute Gasteiger partial charge is 0.457 e. The maximum atomic E-state index is 13.4. The Bertz CT molecular complexity index is 1240. The second-order valence-corrected chi connectivity index (χ2v) is 8.47. The lowest BCUT2D eigenvalue weighted by Gasteiger charge is -2.22. The molecule has 1 fully saturated rings. The molecule has 0 bridgehead atoms. The highest BCUT2D eigenvalue weighted by atomic mass is 19.4. The molecule has 2 amide bonds. The average molecular weight is 483 g/mol. The number of halogens is 3. The minimum atomic E-state index is -4.61. The van der Waals surface area contributed by atoms with E-state index in [4.69, 9.17) is 10.5 Å². The van der Waals surface area contributed by atoms with Gasteiger partial charge in [-0.25, -0.2) is 0 Å². The fourth-order valence-corrected chi connectivity index (χ4v) is 4.21. The van der Waals surface area contributed by atoms with Crippen molar-refractivity contribution in [3.63, 3.8) is 0 Å². The number of aromatic nitrogens is 1. The second kappa shape index (κ2) is 10.2. The quantitative estimate of drug-likeness (QED) is 0.431. The van der Waals surface area contributed by atoms with Crippen LogP contribution in [0.15, 0.2) is 60.8 Å². The van der Waals surface area contributed by atoms with Crippen LogP contribution in [0.5, 0.6) is 11.5 Å². The molecule has 0 spiro atoms. The molecule has 35 heavy (non-hydrogen) atoms. The number of nitrogens with zero attached hydrogens (tertiary/aromatic N) is 1. The highest BCUT2D eigenvalue weighted by Crippen LogP contribution is 2.37. The fraction of sp³-hybridized carbons (Fsp3) is 0.269. The van der Waals surface area contributed by atoms with E-state index in [1.54, 1.807) is 12.1 Å². The predicted molar refractivity (Wildman–Crippen MR) is 124 cm³/mol. The third-order valence-corrected chi connectivity index (χ3v) is 5.99. The van der Waals surface area contributed by atoms with Gasteiger partial charge >= 0.3 is 6.18 Å². The molecule has 3 aromatic rings. The molecule has 2 aromatic carbocycles. The summed E-state index contributed by atoms with van der Waals surface area (Å²) in [5.74, 6) is -0.998. The number of nitrogens with one attached hydrogen (secondary N) is 1. The molecule has 1 aliphatic carbocycles. The van der Waals surface area contributed by atoms with Gasteiger partial charge in [0.25, 0.3) is 11.8 Å². The zero-order valence-corrected chi connectivity index (χ0v) is 18.8. The van der Waals surface area contributed by atoms with Crippen molar-refractivity contribution in [3.8, 4) is 11.5 Å². The molecule has 182 valence electrons. The normalized spacial score (nSPS) is 14.4. The Hall–Kier alpha value is -3.88. The Morgan fingerprint density at radius 2 is 1.77 bits per heavy atom. The topological polar surface area (TPSA) is 94.3 Å². The number of amides is 2. The van der Waals surface area contributed by atoms with Crippen LogP contribution in [0.2, 0.25) is 0 Å². The predicted octanol–water partition coefficient (Wildman–Crippen LogP) is 6.29. The Kier molecular flexibility index (Phi) is 7.04. The minimum absolute atomic E-state index is 0.0637. The fourth-order valence-electron chi connectivity index (χ4n) is 4.21. The Morgan fingerprint density at radius 1 is 1.00 bits per heavy atom. The Labute approximate surface area is 200 Å². The van der Waals surface area contributed by atoms with Crippen molar-refractivity contribution in [1.82, 2.24) is 4.98 Å². The number of rotatable bonds is 6. The van der Waals surface area contributed by atoms with Crippen LogP contribution in [0.4, 0.5) is 18.9 Å². The first-order valence-electron chi connectivity index (χ1n) is 11.3. The lowest BCUT2D eigenvalue weighted by atomic mass is 9.84. The van der Waals surface area contributed by atoms with Gasteiger partial charge in [0.1, 0.15) is 17.2 Å². The first-order chi connectivity index (χ1) is 16.7. The standard InChI is InChI=1S/C26H24F3N3O3/c27-26(28,29)18-9-10-21(25(34)32-19-11-12-31-22(15-19)24(30)33)23(14-18)35-20-8-4-7-17(13-20)16-5-2-1-3-6-16/h4,7-16H,1-3,5-6H2,(H2,30,33)(H,31,32,34). The maximum Gasteiger partial charge on any atom is 0.416 e. The molecule has 0 saturated heterocycles. The number of nitrogens with two attached hydrogens (primary N) is 1. The van der Waals surface area contributed by atoms with Gasteiger partial charge in [-0.3, -0.25) is 14.6 Å². The molecule has 0 radical (unpaired) electrons. The Morgan fingerprint density at radius 3 is 2.49 bits per heavy atom. The molecule has 0 atom stereocenters. The molecule has 0 aliphatic heterocycles. The minimum Gasteiger partial charge on any atom is -0.457 e. The van der Waals surface area contributed by atoms with E-state index >= 15 is 0 Å². The number of hydrogen-bond donors (Lipinski definition) is 2. The summed E-state index contributed by atoms with van der Waals surface area (Å²) in [6.07, 6.45) is 2.27. The molecule has 6 nitrogen and oxygen atoms in total. The number of hydrogen-bond acceptors (Lipinski definition) is 4. The van der Waals surface area contributed by atoms with Crippen LogP contribution >= 0.6 is 0 Å². The lowest BCUT2D eigenvalue weighted by Crippen LogP contribution is -2.16. The number of carbonyl (C=O) groups excluding carboxylic acids is 2. The lowest BCUT2D eigenvalue weighted by molar-refractivity contribution is -0.137. The summed E-state index contributed by atoms with van der Waals surface area (Å²) in [6.45, 7) is 0. The maximum absolute atomic E-state index is 13.4. The molecular formula is C26H24F3N3O3. The number of benzene rings is 2. The van der Waals surface area contributed by atoms with Crippen molar-refractivity contribution >= 4 is 17.5 Å². The van der Waals surface area contributed by atoms with Crippen LogP contribution in [0.3, 0.4) is 0 Å². The summed E-state index contributed by atoms with van der Waals surface area (Å²) < 4.78 is 46.1. The number of anilines is 1. The molecule has 1 heterocycles. The van der Waals surface area contributed by atoms with Crippen LogP contribution in [0.25, 0.3) is 0 Å². The SMILES string of the molecule is NC(=O)c1cc(NC(=O)c2ccc(C(F)(F)F)cc2Oc2cccc(C3CCCCC3)c2)ccn1. The van der Waals surface area contributed by atoms with Gasteiger partial charge in [-0.1, -0.05) is 31.4 Å². The molecule has 1 aliphatic rings. The van der Waals surface area contributed by atoms with Crippen LogP contribution in [0.1, 0.15) is 70.0 Å². The third-order valence-electron chi connectivity index (χ3n) is 5.99. The smallest absolute Gasteiger partial charge is 0.416 e. The summed E-state index contributed by atoms with van der Waals surface area (Å²) in [4.78, 5) is 28.1. The first kappa shape index (κ1) is 24.3. The van der Waals surface area contributed by atoms with Gasteiger partial charge in [0.15, 0.2) is 0 Å². The number of carbonyl (C=O) groups is 2. The van der Waals surface area contributed by atoms with E-state index in [1.165, 1.54) is 24.8 Å². The monoisotopic (exact) mass is 483 g/mol. The Balaban J connectivity index is 1.64. The van der Waals surface area contributed by atoms with Gasteiger partial charge in [0.05, 0.1) is 11.1 Å². The number of pyridine rings is 1. The first-order valence-corrected chi connectivity index (χ1v) is 11.3. The van der Waals surface area contributed by atoms with Crippen molar-refractivity contribution in [1.29, 1.82) is 0 Å². The summed E-state index contributed by atoms with van der Waals surface area (Å²) in [7, 11) is 0. The van der Waals surface area contributed by atoms with Gasteiger partial charge < -0.3 is 15.8 Å². The van der Waals surface area contributed by atoms with Gasteiger partial charge in [-0.2, -0.15) is 13.2 Å². The highest BCUT2D eigenvalue weighted by molar-refractivity contribution is 6.06. The number of alkyl halides is 3. The zero-order valence-electron chi connectivity index (χ0n) is 18.8. The van der Waals surface area contributed by atoms with Crippen molar-refractivity contribution in [3.05, 3.63) is 83.2 Å². The molecule has 1 saturated carbocycles. The van der Waals surface area contributed by atoms with Crippen molar-refractivity contribution < 1.29 is 27.5 Å². The van der Waals surface area contributed by atoms with Gasteiger partial charge in [0, 0.05) is 11.9 Å². The van der Waals surface area contributed by atoms with Gasteiger partial charge in [0.2, 0.25) is 0 Å². The second-order valence-electron chi connectivity index (χ2n) is 8.47. The van der Waals surface area contributed by atoms with Crippen LogP contribution in [-0.2, 0) is 6.18 Å². The molecule has 4 rings (SSSR count). The highest BCUT2D eigenvalue weighted by Gasteiger charge is 2.32. The van der Waals surface area contributed by atoms with E-state index < -0.39 is 23.6 Å². The molecular weight excluding hydrogens is 459 g/mol. The van der Waals surface area contributed by atoms with E-state index in [-0.39, 0.29) is 22.7 Å². The molecule has 0 unspecified atom stereocenters. The van der Waals surface area contributed by atoms with E-state index in [1.807, 2.05) is 12.1 Å². The molecule has 3 N–H and O–H groups in total. The average Bonchev–Trinajstić information content (AvgIpc) is 2.84. The van der Waals surface area contributed by atoms with E-state index in [2.05, 4.69) is 10.3 Å². The van der Waals surface area contributed by atoms with Crippen molar-refractivity contribution in [2.45, 2.75) is 44.2 Å². The van der Waals surface area contributed by atoms with Crippen LogP contribution < -0.4 is 15.8 Å². The zero-order chi connectivity index (χ0) is 25.0. The molecule has 1 aromatic heterocycles. The van der Waals surface area contributed by atoms with E-state index in [0.717, 1.165) is 49.4 Å². The molecule has 9 heteroatoms. The van der Waals surface area contributed by atoms with Crippen molar-refractivity contribution in [2.24, 2.45) is 5.73 Å². The van der Waals surface area contributed by atoms with Crippen molar-refractivity contribution in [2.75, 3.05) is 5.32 Å². The number of primary amides is 1. The third kappa shape index (κ3) is 5.98. The van der Waals surface area contributed by atoms with Gasteiger partial charge in [-0.15, -0.1) is 0 Å².